The summed E-state index contributed by atoms with van der Waals surface area (Å²) in [4.78, 5) is 17.5. The van der Waals surface area contributed by atoms with Gasteiger partial charge in [-0.05, 0) is 19.8 Å². The van der Waals surface area contributed by atoms with Gasteiger partial charge >= 0.3 is 0 Å². The second-order valence-corrected chi connectivity index (χ2v) is 6.85. The molecule has 3 aliphatic rings. The molecule has 2 heterocycles. The van der Waals surface area contributed by atoms with Crippen molar-refractivity contribution in [2.24, 2.45) is 0 Å². The van der Waals surface area contributed by atoms with Crippen LogP contribution in [0.1, 0.15) is 39.0 Å². The molecule has 0 bridgehead atoms. The highest BCUT2D eigenvalue weighted by atomic mass is 35.5. The van der Waals surface area contributed by atoms with Gasteiger partial charge in [0.15, 0.2) is 0 Å². The Morgan fingerprint density at radius 2 is 1.83 bits per heavy atom. The molecule has 23 heavy (non-hydrogen) atoms. The van der Waals surface area contributed by atoms with E-state index in [1.165, 1.54) is 25.7 Å². The molecule has 2 aliphatic heterocycles. The van der Waals surface area contributed by atoms with Crippen molar-refractivity contribution in [3.05, 3.63) is 0 Å². The van der Waals surface area contributed by atoms with Crippen molar-refractivity contribution in [1.29, 1.82) is 0 Å². The molecule has 1 saturated carbocycles. The third-order valence-electron chi connectivity index (χ3n) is 5.52. The van der Waals surface area contributed by atoms with Crippen LogP contribution in [0.25, 0.3) is 0 Å². The van der Waals surface area contributed by atoms with E-state index in [0.717, 1.165) is 45.9 Å². The number of nitrogens with one attached hydrogen (secondary N) is 1. The highest BCUT2D eigenvalue weighted by Gasteiger charge is 2.43. The average Bonchev–Trinajstić information content (AvgIpc) is 2.98. The molecular weight excluding hydrogens is 337 g/mol. The summed E-state index contributed by atoms with van der Waals surface area (Å²) in [5.74, 6) is 0.359. The molecule has 2 saturated heterocycles. The normalized spacial score (nSPS) is 27.9. The number of halogens is 2. The zero-order chi connectivity index (χ0) is 14.7. The third-order valence-corrected chi connectivity index (χ3v) is 5.52. The molecule has 3 rings (SSSR count). The van der Waals surface area contributed by atoms with Crippen LogP contribution in [-0.2, 0) is 9.53 Å². The Bertz CT molecular complexity index is 372. The van der Waals surface area contributed by atoms with E-state index in [1.54, 1.807) is 0 Å². The number of morpholine rings is 1. The minimum absolute atomic E-state index is 0. The minimum atomic E-state index is 0. The monoisotopic (exact) mass is 367 g/mol. The molecule has 7 heteroatoms. The summed E-state index contributed by atoms with van der Waals surface area (Å²) in [6.07, 6.45) is 5.60. The van der Waals surface area contributed by atoms with E-state index in [-0.39, 0.29) is 30.4 Å². The Morgan fingerprint density at radius 3 is 2.43 bits per heavy atom. The Balaban J connectivity index is 0.00000132. The second-order valence-electron chi connectivity index (χ2n) is 6.85. The first-order chi connectivity index (χ1) is 10.2. The van der Waals surface area contributed by atoms with Crippen LogP contribution >= 0.6 is 24.8 Å². The summed E-state index contributed by atoms with van der Waals surface area (Å²) in [5.41, 5.74) is 0.117. The van der Waals surface area contributed by atoms with Gasteiger partial charge in [0.25, 0.3) is 0 Å². The lowest BCUT2D eigenvalue weighted by Gasteiger charge is -2.45. The van der Waals surface area contributed by atoms with Gasteiger partial charge in [0, 0.05) is 50.7 Å². The number of ether oxygens (including phenoxy) is 1. The van der Waals surface area contributed by atoms with Crippen LogP contribution in [0.4, 0.5) is 0 Å². The highest BCUT2D eigenvalue weighted by Crippen LogP contribution is 2.39. The zero-order valence-corrected chi connectivity index (χ0v) is 15.7. The molecule has 3 fully saturated rings. The van der Waals surface area contributed by atoms with Crippen LogP contribution in [0.15, 0.2) is 0 Å². The van der Waals surface area contributed by atoms with Crippen molar-refractivity contribution in [1.82, 2.24) is 15.1 Å². The molecule has 1 N–H and O–H groups in total. The number of piperazine rings is 1. The smallest absolute Gasteiger partial charge is 0.224 e. The van der Waals surface area contributed by atoms with Gasteiger partial charge in [-0.3, -0.25) is 9.69 Å². The summed E-state index contributed by atoms with van der Waals surface area (Å²) >= 11 is 0. The third kappa shape index (κ3) is 4.73. The van der Waals surface area contributed by atoms with E-state index < -0.39 is 0 Å². The van der Waals surface area contributed by atoms with Gasteiger partial charge in [0.2, 0.25) is 5.91 Å². The SMILES string of the molecule is C[C@H]1CNCCN1C(=O)CC1(N2CCOCC2)CCCC1.Cl.Cl. The molecule has 136 valence electrons. The molecule has 1 amide bonds. The van der Waals surface area contributed by atoms with Crippen molar-refractivity contribution in [2.75, 3.05) is 45.9 Å². The molecule has 5 nitrogen and oxygen atoms in total. The summed E-state index contributed by atoms with van der Waals surface area (Å²) in [5, 5.41) is 3.37. The maximum atomic E-state index is 12.9. The van der Waals surface area contributed by atoms with Crippen molar-refractivity contribution in [3.8, 4) is 0 Å². The number of carbonyl (C=O) groups excluding carboxylic acids is 1. The summed E-state index contributed by atoms with van der Waals surface area (Å²) in [6.45, 7) is 8.49. The first-order valence-electron chi connectivity index (χ1n) is 8.54. The van der Waals surface area contributed by atoms with E-state index in [9.17, 15) is 4.79 Å². The Morgan fingerprint density at radius 1 is 1.17 bits per heavy atom. The molecule has 0 aromatic heterocycles. The topological polar surface area (TPSA) is 44.8 Å². The first-order valence-corrected chi connectivity index (χ1v) is 8.54. The van der Waals surface area contributed by atoms with Crippen LogP contribution in [0.3, 0.4) is 0 Å². The molecule has 0 aromatic rings. The van der Waals surface area contributed by atoms with Crippen LogP contribution in [0, 0.1) is 0 Å². The highest BCUT2D eigenvalue weighted by molar-refractivity contribution is 5.85. The molecule has 0 aromatic carbocycles. The van der Waals surface area contributed by atoms with Crippen LogP contribution < -0.4 is 5.32 Å². The van der Waals surface area contributed by atoms with Gasteiger partial charge in [-0.25, -0.2) is 0 Å². The van der Waals surface area contributed by atoms with E-state index in [0.29, 0.717) is 18.4 Å². The van der Waals surface area contributed by atoms with Crippen molar-refractivity contribution in [3.63, 3.8) is 0 Å². The number of carbonyl (C=O) groups is 1. The predicted octanol–water partition coefficient (Wildman–Crippen LogP) is 1.69. The quantitative estimate of drug-likeness (QED) is 0.824. The second kappa shape index (κ2) is 9.42. The van der Waals surface area contributed by atoms with E-state index in [1.807, 2.05) is 0 Å². The number of rotatable bonds is 3. The Kier molecular flexibility index (Phi) is 8.59. The maximum Gasteiger partial charge on any atom is 0.224 e. The fourth-order valence-electron chi connectivity index (χ4n) is 4.27. The average molecular weight is 368 g/mol. The predicted molar refractivity (Wildman–Crippen MR) is 96.7 cm³/mol. The fraction of sp³-hybridized carbons (Fsp3) is 0.938. The number of amides is 1. The lowest BCUT2D eigenvalue weighted by molar-refractivity contribution is -0.138. The number of nitrogens with zero attached hydrogens (tertiary/aromatic N) is 2. The van der Waals surface area contributed by atoms with Gasteiger partial charge in [-0.1, -0.05) is 12.8 Å². The number of hydrogen-bond acceptors (Lipinski definition) is 4. The van der Waals surface area contributed by atoms with Crippen LogP contribution in [0.5, 0.6) is 0 Å². The number of hydrogen-bond donors (Lipinski definition) is 1. The van der Waals surface area contributed by atoms with Gasteiger partial charge in [-0.2, -0.15) is 0 Å². The molecule has 0 spiro atoms. The van der Waals surface area contributed by atoms with Gasteiger partial charge in [0.05, 0.1) is 13.2 Å². The van der Waals surface area contributed by atoms with Crippen molar-refractivity contribution < 1.29 is 9.53 Å². The van der Waals surface area contributed by atoms with Crippen molar-refractivity contribution >= 4 is 30.7 Å². The first kappa shape index (κ1) is 21.0. The van der Waals surface area contributed by atoms with Crippen molar-refractivity contribution in [2.45, 2.75) is 50.6 Å². The Hall–Kier alpha value is -0.0700. The fourth-order valence-corrected chi connectivity index (χ4v) is 4.27. The lowest BCUT2D eigenvalue weighted by atomic mass is 9.89. The minimum Gasteiger partial charge on any atom is -0.379 e. The van der Waals surface area contributed by atoms with Crippen LogP contribution in [0.2, 0.25) is 0 Å². The summed E-state index contributed by atoms with van der Waals surface area (Å²) in [6, 6.07) is 0.328. The van der Waals surface area contributed by atoms with E-state index in [2.05, 4.69) is 22.0 Å². The molecule has 1 atom stereocenters. The standard InChI is InChI=1S/C16H29N3O2.2ClH/c1-14-13-17-6-7-19(14)15(20)12-16(4-2-3-5-16)18-8-10-21-11-9-18;;/h14,17H,2-13H2,1H3;2*1H/t14-;;/m0../s1. The van der Waals surface area contributed by atoms with E-state index >= 15 is 0 Å². The molecule has 0 radical (unpaired) electrons. The largest absolute Gasteiger partial charge is 0.379 e. The zero-order valence-electron chi connectivity index (χ0n) is 14.1. The maximum absolute atomic E-state index is 12.9. The van der Waals surface area contributed by atoms with Crippen LogP contribution in [-0.4, -0.2) is 73.2 Å². The molecule has 0 unspecified atom stereocenters. The molecular formula is C16H31Cl2N3O2. The van der Waals surface area contributed by atoms with Gasteiger partial charge < -0.3 is 15.0 Å². The summed E-state index contributed by atoms with van der Waals surface area (Å²) in [7, 11) is 0. The van der Waals surface area contributed by atoms with Gasteiger partial charge in [0.1, 0.15) is 0 Å². The van der Waals surface area contributed by atoms with E-state index in [4.69, 9.17) is 4.74 Å². The lowest BCUT2D eigenvalue weighted by Crippen LogP contribution is -2.57. The molecule has 1 aliphatic carbocycles. The Labute approximate surface area is 152 Å². The van der Waals surface area contributed by atoms with Gasteiger partial charge in [-0.15, -0.1) is 24.8 Å². The summed E-state index contributed by atoms with van der Waals surface area (Å²) < 4.78 is 5.50.